The fourth-order valence-electron chi connectivity index (χ4n) is 1.84. The van der Waals surface area contributed by atoms with Crippen molar-refractivity contribution in [3.63, 3.8) is 0 Å². The van der Waals surface area contributed by atoms with Crippen molar-refractivity contribution in [2.24, 2.45) is 7.05 Å². The molecule has 0 atom stereocenters. The van der Waals surface area contributed by atoms with E-state index in [9.17, 15) is 4.79 Å². The number of hydrogen-bond donors (Lipinski definition) is 1. The van der Waals surface area contributed by atoms with Gasteiger partial charge in [-0.3, -0.25) is 4.68 Å². The Hall–Kier alpha value is -1.84. The van der Waals surface area contributed by atoms with Crippen molar-refractivity contribution in [1.29, 1.82) is 0 Å². The highest BCUT2D eigenvalue weighted by Crippen LogP contribution is 2.22. The second-order valence-corrected chi connectivity index (χ2v) is 3.43. The van der Waals surface area contributed by atoms with Gasteiger partial charge in [-0.15, -0.1) is 0 Å². The van der Waals surface area contributed by atoms with Crippen molar-refractivity contribution in [1.82, 2.24) is 9.78 Å². The topological polar surface area (TPSA) is 55.1 Å². The Kier molecular flexibility index (Phi) is 2.19. The molecule has 0 saturated carbocycles. The first-order valence-corrected chi connectivity index (χ1v) is 4.83. The number of rotatable bonds is 2. The van der Waals surface area contributed by atoms with E-state index in [1.54, 1.807) is 23.9 Å². The lowest BCUT2D eigenvalue weighted by Gasteiger charge is -1.99. The van der Waals surface area contributed by atoms with Gasteiger partial charge in [0.2, 0.25) is 0 Å². The summed E-state index contributed by atoms with van der Waals surface area (Å²) in [5.74, 6) is -0.911. The lowest BCUT2D eigenvalue weighted by Crippen LogP contribution is -2.00. The van der Waals surface area contributed by atoms with Crippen LogP contribution in [0.25, 0.3) is 10.9 Å². The van der Waals surface area contributed by atoms with Crippen molar-refractivity contribution in [3.8, 4) is 0 Å². The Morgan fingerprint density at radius 1 is 1.53 bits per heavy atom. The van der Waals surface area contributed by atoms with Gasteiger partial charge in [0.1, 0.15) is 0 Å². The lowest BCUT2D eigenvalue weighted by molar-refractivity contribution is 0.0698. The fraction of sp³-hybridized carbons (Fsp3) is 0.273. The van der Waals surface area contributed by atoms with Gasteiger partial charge in [-0.05, 0) is 12.5 Å². The molecule has 0 unspecified atom stereocenters. The predicted molar refractivity (Wildman–Crippen MR) is 57.1 cm³/mol. The number of para-hydroxylation sites is 1. The molecule has 4 nitrogen and oxygen atoms in total. The largest absolute Gasteiger partial charge is 0.478 e. The van der Waals surface area contributed by atoms with Crippen LogP contribution in [0, 0.1) is 0 Å². The Morgan fingerprint density at radius 2 is 2.27 bits per heavy atom. The second kappa shape index (κ2) is 3.38. The molecule has 78 valence electrons. The van der Waals surface area contributed by atoms with E-state index in [1.807, 2.05) is 13.0 Å². The maximum Gasteiger partial charge on any atom is 0.337 e. The SMILES string of the molecule is CCc1nn(C)c2c(C(=O)O)cccc12. The fourth-order valence-corrected chi connectivity index (χ4v) is 1.84. The zero-order chi connectivity index (χ0) is 11.0. The summed E-state index contributed by atoms with van der Waals surface area (Å²) in [4.78, 5) is 11.0. The number of benzene rings is 1. The number of hydrogen-bond acceptors (Lipinski definition) is 2. The maximum atomic E-state index is 11.0. The summed E-state index contributed by atoms with van der Waals surface area (Å²) in [6.07, 6.45) is 0.806. The van der Waals surface area contributed by atoms with E-state index in [1.165, 1.54) is 0 Å². The minimum atomic E-state index is -0.911. The van der Waals surface area contributed by atoms with Crippen LogP contribution in [0.15, 0.2) is 18.2 Å². The molecular weight excluding hydrogens is 192 g/mol. The quantitative estimate of drug-likeness (QED) is 0.812. The molecule has 0 aliphatic rings. The van der Waals surface area contributed by atoms with E-state index >= 15 is 0 Å². The zero-order valence-electron chi connectivity index (χ0n) is 8.69. The van der Waals surface area contributed by atoms with E-state index in [4.69, 9.17) is 5.11 Å². The molecule has 0 spiro atoms. The molecule has 0 aliphatic heterocycles. The van der Waals surface area contributed by atoms with Crippen LogP contribution < -0.4 is 0 Å². The second-order valence-electron chi connectivity index (χ2n) is 3.43. The van der Waals surface area contributed by atoms with Gasteiger partial charge in [0.05, 0.1) is 16.8 Å². The Balaban J connectivity index is 2.86. The van der Waals surface area contributed by atoms with E-state index in [0.717, 1.165) is 17.5 Å². The highest BCUT2D eigenvalue weighted by Gasteiger charge is 2.14. The van der Waals surface area contributed by atoms with Crippen LogP contribution >= 0.6 is 0 Å². The number of aromatic nitrogens is 2. The standard InChI is InChI=1S/C11H12N2O2/c1-3-9-7-5-4-6-8(11(14)15)10(7)13(2)12-9/h4-6H,3H2,1-2H3,(H,14,15). The molecule has 0 amide bonds. The van der Waals surface area contributed by atoms with Gasteiger partial charge in [-0.1, -0.05) is 19.1 Å². The molecule has 2 rings (SSSR count). The summed E-state index contributed by atoms with van der Waals surface area (Å²) in [6, 6.07) is 5.27. The van der Waals surface area contributed by atoms with Gasteiger partial charge in [0, 0.05) is 12.4 Å². The van der Waals surface area contributed by atoms with E-state index in [-0.39, 0.29) is 0 Å². The number of carbonyl (C=O) groups is 1. The van der Waals surface area contributed by atoms with E-state index < -0.39 is 5.97 Å². The van der Waals surface area contributed by atoms with Crippen LogP contribution in [-0.4, -0.2) is 20.9 Å². The molecule has 0 bridgehead atoms. The number of carboxylic acid groups (broad SMARTS) is 1. The van der Waals surface area contributed by atoms with Crippen molar-refractivity contribution in [2.45, 2.75) is 13.3 Å². The van der Waals surface area contributed by atoms with Crippen LogP contribution in [-0.2, 0) is 13.5 Å². The lowest BCUT2D eigenvalue weighted by atomic mass is 10.1. The maximum absolute atomic E-state index is 11.0. The summed E-state index contributed by atoms with van der Waals surface area (Å²) < 4.78 is 1.64. The van der Waals surface area contributed by atoms with Gasteiger partial charge in [-0.25, -0.2) is 4.79 Å². The summed E-state index contributed by atoms with van der Waals surface area (Å²) in [6.45, 7) is 2.01. The van der Waals surface area contributed by atoms with Crippen LogP contribution in [0.1, 0.15) is 23.0 Å². The number of nitrogens with zero attached hydrogens (tertiary/aromatic N) is 2. The Labute approximate surface area is 87.1 Å². The number of carboxylic acids is 1. The number of aryl methyl sites for hydroxylation is 2. The molecule has 15 heavy (non-hydrogen) atoms. The third-order valence-corrected chi connectivity index (χ3v) is 2.51. The third kappa shape index (κ3) is 1.38. The molecular formula is C11H12N2O2. The van der Waals surface area contributed by atoms with Gasteiger partial charge >= 0.3 is 5.97 Å². The predicted octanol–water partition coefficient (Wildman–Crippen LogP) is 1.83. The summed E-state index contributed by atoms with van der Waals surface area (Å²) >= 11 is 0. The minimum Gasteiger partial charge on any atom is -0.478 e. The monoisotopic (exact) mass is 204 g/mol. The molecule has 1 N–H and O–H groups in total. The minimum absolute atomic E-state index is 0.308. The molecule has 0 aliphatic carbocycles. The van der Waals surface area contributed by atoms with E-state index in [0.29, 0.717) is 11.1 Å². The van der Waals surface area contributed by atoms with Crippen molar-refractivity contribution < 1.29 is 9.90 Å². The molecule has 0 radical (unpaired) electrons. The average molecular weight is 204 g/mol. The molecule has 4 heteroatoms. The molecule has 1 aromatic carbocycles. The van der Waals surface area contributed by atoms with Gasteiger partial charge in [0.25, 0.3) is 0 Å². The number of aromatic carboxylic acids is 1. The summed E-state index contributed by atoms with van der Waals surface area (Å²) in [5.41, 5.74) is 1.94. The highest BCUT2D eigenvalue weighted by atomic mass is 16.4. The molecule has 0 saturated heterocycles. The number of fused-ring (bicyclic) bond motifs is 1. The third-order valence-electron chi connectivity index (χ3n) is 2.51. The first kappa shape index (κ1) is 9.71. The van der Waals surface area contributed by atoms with Gasteiger partial charge in [-0.2, -0.15) is 5.10 Å². The van der Waals surface area contributed by atoms with Crippen molar-refractivity contribution in [3.05, 3.63) is 29.5 Å². The van der Waals surface area contributed by atoms with Crippen LogP contribution in [0.5, 0.6) is 0 Å². The van der Waals surface area contributed by atoms with Crippen LogP contribution in [0.3, 0.4) is 0 Å². The molecule has 2 aromatic rings. The molecule has 0 fully saturated rings. The van der Waals surface area contributed by atoms with Gasteiger partial charge in [0.15, 0.2) is 0 Å². The van der Waals surface area contributed by atoms with E-state index in [2.05, 4.69) is 5.10 Å². The van der Waals surface area contributed by atoms with Crippen molar-refractivity contribution in [2.75, 3.05) is 0 Å². The zero-order valence-corrected chi connectivity index (χ0v) is 8.69. The van der Waals surface area contributed by atoms with Gasteiger partial charge < -0.3 is 5.11 Å². The Bertz CT molecular complexity index is 529. The normalized spacial score (nSPS) is 10.8. The molecule has 1 heterocycles. The first-order valence-electron chi connectivity index (χ1n) is 4.83. The summed E-state index contributed by atoms with van der Waals surface area (Å²) in [5, 5.41) is 14.3. The smallest absolute Gasteiger partial charge is 0.337 e. The van der Waals surface area contributed by atoms with Crippen molar-refractivity contribution >= 4 is 16.9 Å². The first-order chi connectivity index (χ1) is 7.15. The Morgan fingerprint density at radius 3 is 2.87 bits per heavy atom. The van der Waals surface area contributed by atoms with Crippen LogP contribution in [0.2, 0.25) is 0 Å². The summed E-state index contributed by atoms with van der Waals surface area (Å²) in [7, 11) is 1.77. The highest BCUT2D eigenvalue weighted by molar-refractivity contribution is 6.02. The van der Waals surface area contributed by atoms with Crippen LogP contribution in [0.4, 0.5) is 0 Å². The average Bonchev–Trinajstić information content (AvgIpc) is 2.55. The molecule has 1 aromatic heterocycles.